The molecule has 0 heterocycles. The Morgan fingerprint density at radius 1 is 1.05 bits per heavy atom. The predicted octanol–water partition coefficient (Wildman–Crippen LogP) is 5.26. The molecule has 112 valence electrons. The number of rotatable bonds is 3. The van der Waals surface area contributed by atoms with Gasteiger partial charge in [-0.15, -0.1) is 0 Å². The van der Waals surface area contributed by atoms with E-state index in [4.69, 9.17) is 11.6 Å². The first-order chi connectivity index (χ1) is 10.1. The van der Waals surface area contributed by atoms with Gasteiger partial charge in [-0.25, -0.2) is 0 Å². The van der Waals surface area contributed by atoms with Gasteiger partial charge in [0.15, 0.2) is 0 Å². The molecule has 0 unspecified atom stereocenters. The summed E-state index contributed by atoms with van der Waals surface area (Å²) in [5.74, 6) is 0. The van der Waals surface area contributed by atoms with Crippen molar-refractivity contribution in [2.24, 2.45) is 0 Å². The van der Waals surface area contributed by atoms with E-state index in [0.29, 0.717) is 0 Å². The second-order valence-corrected chi connectivity index (χ2v) is 7.17. The van der Waals surface area contributed by atoms with Crippen LogP contribution in [0.3, 0.4) is 0 Å². The van der Waals surface area contributed by atoms with Gasteiger partial charge in [-0.2, -0.15) is 0 Å². The minimum Gasteiger partial charge on any atom is -0.309 e. The van der Waals surface area contributed by atoms with Crippen LogP contribution in [0.2, 0.25) is 5.02 Å². The first-order valence-corrected chi connectivity index (χ1v) is 8.32. The lowest BCUT2D eigenvalue weighted by Gasteiger charge is -2.40. The minimum atomic E-state index is 0.273. The van der Waals surface area contributed by atoms with Crippen LogP contribution >= 0.6 is 11.6 Å². The molecule has 1 aliphatic rings. The lowest BCUT2D eigenvalue weighted by molar-refractivity contribution is 0.216. The first-order valence-electron chi connectivity index (χ1n) is 7.94. The van der Waals surface area contributed by atoms with Crippen LogP contribution in [0, 0.1) is 0 Å². The van der Waals surface area contributed by atoms with Crippen molar-refractivity contribution in [2.75, 3.05) is 20.6 Å². The van der Waals surface area contributed by atoms with Gasteiger partial charge in [0.25, 0.3) is 0 Å². The van der Waals surface area contributed by atoms with Crippen molar-refractivity contribution in [3.8, 4) is 0 Å². The van der Waals surface area contributed by atoms with E-state index in [1.807, 2.05) is 0 Å². The smallest absolute Gasteiger partial charge is 0.0487 e. The molecule has 0 N–H and O–H groups in total. The summed E-state index contributed by atoms with van der Waals surface area (Å²) in [5, 5.41) is 3.33. The fraction of sp³-hybridized carbons (Fsp3) is 0.474. The molecule has 0 radical (unpaired) electrons. The zero-order valence-corrected chi connectivity index (χ0v) is 13.8. The maximum atomic E-state index is 6.57. The highest BCUT2D eigenvalue weighted by atomic mass is 35.5. The van der Waals surface area contributed by atoms with Gasteiger partial charge in [-0.1, -0.05) is 61.2 Å². The van der Waals surface area contributed by atoms with Gasteiger partial charge in [0.1, 0.15) is 0 Å². The molecule has 0 bridgehead atoms. The lowest BCUT2D eigenvalue weighted by atomic mass is 9.69. The predicted molar refractivity (Wildman–Crippen MR) is 92.3 cm³/mol. The number of fused-ring (bicyclic) bond motifs is 1. The van der Waals surface area contributed by atoms with Gasteiger partial charge in [0.2, 0.25) is 0 Å². The molecule has 0 spiro atoms. The van der Waals surface area contributed by atoms with Crippen LogP contribution in [0.25, 0.3) is 10.8 Å². The summed E-state index contributed by atoms with van der Waals surface area (Å²) < 4.78 is 0. The number of halogens is 1. The summed E-state index contributed by atoms with van der Waals surface area (Å²) >= 11 is 6.57. The van der Waals surface area contributed by atoms with E-state index < -0.39 is 0 Å². The standard InChI is InChI=1S/C19H24ClN/c1-21(2)14-19(10-6-3-7-11-19)16-12-15-8-4-5-9-17(15)18(20)13-16/h4-5,8-9,12-13H,3,6-7,10-11,14H2,1-2H3. The van der Waals surface area contributed by atoms with Crippen LogP contribution in [0.5, 0.6) is 0 Å². The summed E-state index contributed by atoms with van der Waals surface area (Å²) in [5.41, 5.74) is 1.70. The Bertz CT molecular complexity index is 626. The molecule has 3 rings (SSSR count). The van der Waals surface area contributed by atoms with Crippen LogP contribution in [-0.2, 0) is 5.41 Å². The molecule has 0 atom stereocenters. The lowest BCUT2D eigenvalue weighted by Crippen LogP contribution is -2.39. The fourth-order valence-electron chi connectivity index (χ4n) is 3.94. The molecular weight excluding hydrogens is 278 g/mol. The van der Waals surface area contributed by atoms with E-state index in [9.17, 15) is 0 Å². The third kappa shape index (κ3) is 2.95. The van der Waals surface area contributed by atoms with E-state index >= 15 is 0 Å². The van der Waals surface area contributed by atoms with Crippen LogP contribution in [0.1, 0.15) is 37.7 Å². The maximum Gasteiger partial charge on any atom is 0.0487 e. The molecule has 0 amide bonds. The Hall–Kier alpha value is -1.05. The highest BCUT2D eigenvalue weighted by molar-refractivity contribution is 6.35. The third-order valence-electron chi connectivity index (χ3n) is 4.85. The highest BCUT2D eigenvalue weighted by Crippen LogP contribution is 2.42. The van der Waals surface area contributed by atoms with E-state index in [2.05, 4.69) is 55.4 Å². The normalized spacial score (nSPS) is 18.3. The summed E-state index contributed by atoms with van der Waals surface area (Å²) in [7, 11) is 4.36. The summed E-state index contributed by atoms with van der Waals surface area (Å²) in [6.07, 6.45) is 6.59. The number of hydrogen-bond acceptors (Lipinski definition) is 1. The molecule has 2 heteroatoms. The van der Waals surface area contributed by atoms with E-state index in [1.165, 1.54) is 48.4 Å². The molecule has 1 fully saturated rings. The molecule has 21 heavy (non-hydrogen) atoms. The van der Waals surface area contributed by atoms with Crippen molar-refractivity contribution < 1.29 is 0 Å². The molecule has 1 nitrogen and oxygen atoms in total. The Kier molecular flexibility index (Phi) is 4.24. The maximum absolute atomic E-state index is 6.57. The monoisotopic (exact) mass is 301 g/mol. The zero-order valence-electron chi connectivity index (χ0n) is 13.0. The van der Waals surface area contributed by atoms with Crippen LogP contribution in [0.15, 0.2) is 36.4 Å². The van der Waals surface area contributed by atoms with Crippen molar-refractivity contribution in [1.82, 2.24) is 4.90 Å². The average molecular weight is 302 g/mol. The van der Waals surface area contributed by atoms with E-state index in [-0.39, 0.29) is 5.41 Å². The topological polar surface area (TPSA) is 3.24 Å². The quantitative estimate of drug-likeness (QED) is 0.748. The average Bonchev–Trinajstić information content (AvgIpc) is 2.47. The van der Waals surface area contributed by atoms with Crippen LogP contribution < -0.4 is 0 Å². The third-order valence-corrected chi connectivity index (χ3v) is 5.17. The largest absolute Gasteiger partial charge is 0.309 e. The Labute approximate surface area is 132 Å². The fourth-order valence-corrected chi connectivity index (χ4v) is 4.23. The van der Waals surface area contributed by atoms with Crippen molar-refractivity contribution in [1.29, 1.82) is 0 Å². The van der Waals surface area contributed by atoms with Gasteiger partial charge < -0.3 is 4.90 Å². The van der Waals surface area contributed by atoms with Crippen LogP contribution in [0.4, 0.5) is 0 Å². The van der Waals surface area contributed by atoms with Gasteiger partial charge >= 0.3 is 0 Å². The van der Waals surface area contributed by atoms with E-state index in [0.717, 1.165) is 11.6 Å². The van der Waals surface area contributed by atoms with Crippen molar-refractivity contribution in [2.45, 2.75) is 37.5 Å². The molecule has 1 aliphatic carbocycles. The van der Waals surface area contributed by atoms with E-state index in [1.54, 1.807) is 0 Å². The molecule has 0 saturated heterocycles. The minimum absolute atomic E-state index is 0.273. The molecule has 2 aromatic carbocycles. The zero-order chi connectivity index (χ0) is 14.9. The number of nitrogens with zero attached hydrogens (tertiary/aromatic N) is 1. The molecule has 0 aliphatic heterocycles. The summed E-state index contributed by atoms with van der Waals surface area (Å²) in [4.78, 5) is 2.33. The Morgan fingerprint density at radius 2 is 1.76 bits per heavy atom. The highest BCUT2D eigenvalue weighted by Gasteiger charge is 2.34. The molecular formula is C19H24ClN. The Balaban J connectivity index is 2.10. The number of benzene rings is 2. The number of hydrogen-bond donors (Lipinski definition) is 0. The number of likely N-dealkylation sites (N-methyl/N-ethyl adjacent to an activating group) is 1. The molecule has 2 aromatic rings. The molecule has 0 aromatic heterocycles. The van der Waals surface area contributed by atoms with Gasteiger partial charge in [0.05, 0.1) is 0 Å². The first kappa shape index (κ1) is 14.9. The second kappa shape index (κ2) is 5.98. The van der Waals surface area contributed by atoms with Crippen molar-refractivity contribution >= 4 is 22.4 Å². The van der Waals surface area contributed by atoms with Gasteiger partial charge in [-0.3, -0.25) is 0 Å². The summed E-state index contributed by atoms with van der Waals surface area (Å²) in [6, 6.07) is 13.0. The molecule has 1 saturated carbocycles. The van der Waals surface area contributed by atoms with Gasteiger partial charge in [-0.05, 0) is 44.0 Å². The van der Waals surface area contributed by atoms with Gasteiger partial charge in [0, 0.05) is 22.4 Å². The second-order valence-electron chi connectivity index (χ2n) is 6.76. The Morgan fingerprint density at radius 3 is 2.48 bits per heavy atom. The summed E-state index contributed by atoms with van der Waals surface area (Å²) in [6.45, 7) is 1.11. The SMILES string of the molecule is CN(C)CC1(c2cc(Cl)c3ccccc3c2)CCCCC1. The van der Waals surface area contributed by atoms with Crippen LogP contribution in [-0.4, -0.2) is 25.5 Å². The van der Waals surface area contributed by atoms with Crippen molar-refractivity contribution in [3.05, 3.63) is 47.0 Å². The van der Waals surface area contributed by atoms with Crippen molar-refractivity contribution in [3.63, 3.8) is 0 Å².